The van der Waals surface area contributed by atoms with Gasteiger partial charge < -0.3 is 10.1 Å². The van der Waals surface area contributed by atoms with Crippen LogP contribution in [0.2, 0.25) is 0 Å². The molecule has 0 saturated heterocycles. The molecule has 0 saturated carbocycles. The number of ether oxygens (including phenoxy) is 1. The van der Waals surface area contributed by atoms with Gasteiger partial charge in [0.25, 0.3) is 5.91 Å². The highest BCUT2D eigenvalue weighted by molar-refractivity contribution is 5.95. The molecule has 4 nitrogen and oxygen atoms in total. The van der Waals surface area contributed by atoms with Gasteiger partial charge in [0.1, 0.15) is 17.2 Å². The number of nitrogens with one attached hydrogen (secondary N) is 1. The minimum atomic E-state index is -0.934. The number of hydrogen-bond acceptors (Lipinski definition) is 3. The zero-order chi connectivity index (χ0) is 14.4. The smallest absolute Gasteiger partial charge is 0.307 e. The molecular formula is C13H15F2NO3. The zero-order valence-electron chi connectivity index (χ0n) is 10.8. The Morgan fingerprint density at radius 2 is 2.00 bits per heavy atom. The molecule has 0 unspecified atom stereocenters. The fourth-order valence-electron chi connectivity index (χ4n) is 1.46. The maximum Gasteiger partial charge on any atom is 0.307 e. The van der Waals surface area contributed by atoms with Crippen molar-refractivity contribution in [3.8, 4) is 0 Å². The molecule has 0 atom stereocenters. The van der Waals surface area contributed by atoms with E-state index in [4.69, 9.17) is 0 Å². The number of hydrogen-bond donors (Lipinski definition) is 1. The Kier molecular flexibility index (Phi) is 5.41. The Morgan fingerprint density at radius 1 is 1.32 bits per heavy atom. The van der Waals surface area contributed by atoms with Crippen LogP contribution in [0, 0.1) is 18.6 Å². The van der Waals surface area contributed by atoms with Crippen LogP contribution in [0.3, 0.4) is 0 Å². The van der Waals surface area contributed by atoms with Gasteiger partial charge >= 0.3 is 5.97 Å². The fraction of sp³-hybridized carbons (Fsp3) is 0.385. The highest BCUT2D eigenvalue weighted by Crippen LogP contribution is 2.15. The first-order valence-corrected chi connectivity index (χ1v) is 5.85. The molecule has 0 heterocycles. The van der Waals surface area contributed by atoms with Crippen molar-refractivity contribution >= 4 is 11.9 Å². The van der Waals surface area contributed by atoms with Gasteiger partial charge in [-0.3, -0.25) is 9.59 Å². The second-order valence-corrected chi connectivity index (χ2v) is 3.86. The standard InChI is InChI=1S/C13H15F2NO3/c1-3-19-10(17)6-7-16-13(18)11-9(14)5-4-8(2)12(11)15/h4-5H,3,6-7H2,1-2H3,(H,16,18). The molecule has 0 radical (unpaired) electrons. The van der Waals surface area contributed by atoms with E-state index in [1.807, 2.05) is 0 Å². The van der Waals surface area contributed by atoms with Crippen LogP contribution >= 0.6 is 0 Å². The Bertz CT molecular complexity index is 489. The second kappa shape index (κ2) is 6.82. The van der Waals surface area contributed by atoms with Gasteiger partial charge in [-0.2, -0.15) is 0 Å². The minimum Gasteiger partial charge on any atom is -0.466 e. The maximum absolute atomic E-state index is 13.6. The third kappa shape index (κ3) is 4.01. The van der Waals surface area contributed by atoms with Crippen LogP contribution in [-0.4, -0.2) is 25.0 Å². The van der Waals surface area contributed by atoms with Gasteiger partial charge in [0, 0.05) is 6.54 Å². The van der Waals surface area contributed by atoms with Crippen LogP contribution in [0.25, 0.3) is 0 Å². The van der Waals surface area contributed by atoms with E-state index in [0.29, 0.717) is 0 Å². The van der Waals surface area contributed by atoms with E-state index < -0.39 is 29.1 Å². The van der Waals surface area contributed by atoms with Crippen LogP contribution in [0.5, 0.6) is 0 Å². The summed E-state index contributed by atoms with van der Waals surface area (Å²) in [6, 6.07) is 2.28. The summed E-state index contributed by atoms with van der Waals surface area (Å²) in [5.41, 5.74) is -0.458. The normalized spacial score (nSPS) is 10.1. The van der Waals surface area contributed by atoms with Crippen molar-refractivity contribution in [2.75, 3.05) is 13.2 Å². The third-order valence-electron chi connectivity index (χ3n) is 2.43. The van der Waals surface area contributed by atoms with Crippen molar-refractivity contribution in [3.63, 3.8) is 0 Å². The lowest BCUT2D eigenvalue weighted by Crippen LogP contribution is -2.28. The molecular weight excluding hydrogens is 256 g/mol. The molecule has 0 aliphatic carbocycles. The van der Waals surface area contributed by atoms with E-state index in [9.17, 15) is 18.4 Å². The Labute approximate surface area is 109 Å². The van der Waals surface area contributed by atoms with Gasteiger partial charge in [-0.05, 0) is 25.5 Å². The predicted molar refractivity (Wildman–Crippen MR) is 64.7 cm³/mol. The van der Waals surface area contributed by atoms with Crippen molar-refractivity contribution in [1.82, 2.24) is 5.32 Å². The van der Waals surface area contributed by atoms with Crippen LogP contribution in [-0.2, 0) is 9.53 Å². The van der Waals surface area contributed by atoms with Crippen molar-refractivity contribution < 1.29 is 23.1 Å². The van der Waals surface area contributed by atoms with E-state index in [-0.39, 0.29) is 25.1 Å². The summed E-state index contributed by atoms with van der Waals surface area (Å²) in [5, 5.41) is 2.28. The Hall–Kier alpha value is -1.98. The SMILES string of the molecule is CCOC(=O)CCNC(=O)c1c(F)ccc(C)c1F. The molecule has 1 rings (SSSR count). The van der Waals surface area contributed by atoms with Crippen molar-refractivity contribution in [2.24, 2.45) is 0 Å². The second-order valence-electron chi connectivity index (χ2n) is 3.86. The average molecular weight is 271 g/mol. The molecule has 0 bridgehead atoms. The van der Waals surface area contributed by atoms with E-state index in [1.165, 1.54) is 13.0 Å². The first kappa shape index (κ1) is 15.1. The summed E-state index contributed by atoms with van der Waals surface area (Å²) in [5.74, 6) is -3.19. The van der Waals surface area contributed by atoms with Gasteiger partial charge in [0.2, 0.25) is 0 Å². The Balaban J connectivity index is 2.64. The average Bonchev–Trinajstić information content (AvgIpc) is 2.35. The van der Waals surface area contributed by atoms with Crippen LogP contribution in [0.1, 0.15) is 29.3 Å². The summed E-state index contributed by atoms with van der Waals surface area (Å²) in [4.78, 5) is 22.7. The van der Waals surface area contributed by atoms with Crippen molar-refractivity contribution in [3.05, 3.63) is 34.9 Å². The van der Waals surface area contributed by atoms with E-state index >= 15 is 0 Å². The van der Waals surface area contributed by atoms with E-state index in [1.54, 1.807) is 6.92 Å². The van der Waals surface area contributed by atoms with Crippen molar-refractivity contribution in [2.45, 2.75) is 20.3 Å². The maximum atomic E-state index is 13.6. The number of benzene rings is 1. The highest BCUT2D eigenvalue weighted by atomic mass is 19.1. The molecule has 6 heteroatoms. The lowest BCUT2D eigenvalue weighted by Gasteiger charge is -2.08. The molecule has 1 amide bonds. The number of rotatable bonds is 5. The first-order chi connectivity index (χ1) is 8.97. The number of carbonyl (C=O) groups excluding carboxylic acids is 2. The van der Waals surface area contributed by atoms with Gasteiger partial charge in [-0.1, -0.05) is 6.07 Å². The molecule has 0 spiro atoms. The molecule has 19 heavy (non-hydrogen) atoms. The zero-order valence-corrected chi connectivity index (χ0v) is 10.8. The summed E-state index contributed by atoms with van der Waals surface area (Å²) >= 11 is 0. The summed E-state index contributed by atoms with van der Waals surface area (Å²) in [6.45, 7) is 3.30. The molecule has 0 fully saturated rings. The number of esters is 1. The van der Waals surface area contributed by atoms with E-state index in [2.05, 4.69) is 10.1 Å². The predicted octanol–water partition coefficient (Wildman–Crippen LogP) is 1.96. The number of halogens is 2. The largest absolute Gasteiger partial charge is 0.466 e. The molecule has 104 valence electrons. The van der Waals surface area contributed by atoms with Crippen molar-refractivity contribution in [1.29, 1.82) is 0 Å². The number of carbonyl (C=O) groups is 2. The molecule has 1 aromatic carbocycles. The molecule has 0 aliphatic rings. The summed E-state index contributed by atoms with van der Waals surface area (Å²) in [7, 11) is 0. The first-order valence-electron chi connectivity index (χ1n) is 5.85. The third-order valence-corrected chi connectivity index (χ3v) is 2.43. The molecule has 1 N–H and O–H groups in total. The van der Waals surface area contributed by atoms with Gasteiger partial charge in [-0.25, -0.2) is 8.78 Å². The molecule has 0 aromatic heterocycles. The molecule has 1 aromatic rings. The lowest BCUT2D eigenvalue weighted by atomic mass is 10.1. The number of aryl methyl sites for hydroxylation is 1. The lowest BCUT2D eigenvalue weighted by molar-refractivity contribution is -0.142. The number of amides is 1. The quantitative estimate of drug-likeness (QED) is 0.833. The fourth-order valence-corrected chi connectivity index (χ4v) is 1.46. The summed E-state index contributed by atoms with van der Waals surface area (Å²) < 4.78 is 31.7. The van der Waals surface area contributed by atoms with Gasteiger partial charge in [0.05, 0.1) is 13.0 Å². The van der Waals surface area contributed by atoms with Gasteiger partial charge in [0.15, 0.2) is 0 Å². The topological polar surface area (TPSA) is 55.4 Å². The monoisotopic (exact) mass is 271 g/mol. The van der Waals surface area contributed by atoms with Crippen LogP contribution < -0.4 is 5.32 Å². The summed E-state index contributed by atoms with van der Waals surface area (Å²) in [6.07, 6.45) is -0.0470. The van der Waals surface area contributed by atoms with Crippen LogP contribution in [0.15, 0.2) is 12.1 Å². The molecule has 0 aliphatic heterocycles. The van der Waals surface area contributed by atoms with E-state index in [0.717, 1.165) is 6.07 Å². The minimum absolute atomic E-state index is 0.0372. The van der Waals surface area contributed by atoms with Crippen LogP contribution in [0.4, 0.5) is 8.78 Å². The Morgan fingerprint density at radius 3 is 2.63 bits per heavy atom. The van der Waals surface area contributed by atoms with Gasteiger partial charge in [-0.15, -0.1) is 0 Å². The highest BCUT2D eigenvalue weighted by Gasteiger charge is 2.18.